The van der Waals surface area contributed by atoms with Gasteiger partial charge in [0.05, 0.1) is 6.54 Å². The molecule has 0 aliphatic heterocycles. The van der Waals surface area contributed by atoms with Gasteiger partial charge in [-0.05, 0) is 35.4 Å². The van der Waals surface area contributed by atoms with Crippen molar-refractivity contribution in [3.8, 4) is 0 Å². The van der Waals surface area contributed by atoms with E-state index in [0.29, 0.717) is 26.1 Å². The highest BCUT2D eigenvalue weighted by Crippen LogP contribution is 2.14. The molecule has 1 aromatic heterocycles. The zero-order valence-corrected chi connectivity index (χ0v) is 14.9. The second-order valence-corrected chi connectivity index (χ2v) is 6.34. The first kappa shape index (κ1) is 17.9. The van der Waals surface area contributed by atoms with Crippen molar-refractivity contribution >= 4 is 5.91 Å². The summed E-state index contributed by atoms with van der Waals surface area (Å²) in [5.41, 5.74) is 3.21. The lowest BCUT2D eigenvalue weighted by Crippen LogP contribution is -2.30. The summed E-state index contributed by atoms with van der Waals surface area (Å²) in [5.74, 6) is -0.104. The van der Waals surface area contributed by atoms with E-state index in [9.17, 15) is 9.18 Å². The fourth-order valence-corrected chi connectivity index (χ4v) is 2.99. The van der Waals surface area contributed by atoms with E-state index in [2.05, 4.69) is 4.57 Å². The molecule has 0 saturated heterocycles. The molecule has 2 aromatic carbocycles. The molecule has 0 fully saturated rings. The smallest absolute Gasteiger partial charge is 0.222 e. The third-order valence-electron chi connectivity index (χ3n) is 4.41. The average molecular weight is 350 g/mol. The summed E-state index contributed by atoms with van der Waals surface area (Å²) in [6, 6.07) is 20.6. The Balaban J connectivity index is 1.76. The molecular formula is C22H23FN2O. The van der Waals surface area contributed by atoms with E-state index in [4.69, 9.17) is 0 Å². The highest BCUT2D eigenvalue weighted by molar-refractivity contribution is 5.75. The maximum atomic E-state index is 13.1. The average Bonchev–Trinajstić information content (AvgIpc) is 3.10. The fourth-order valence-electron chi connectivity index (χ4n) is 2.99. The standard InChI is InChI=1S/C22H23FN2O/c1-2-22(26)25(16-18-7-4-3-5-8-18)17-21-9-6-14-24(21)15-19-10-12-20(23)13-11-19/h3-14H,2,15-17H2,1H3. The lowest BCUT2D eigenvalue weighted by atomic mass is 10.2. The van der Waals surface area contributed by atoms with Crippen LogP contribution in [-0.4, -0.2) is 15.4 Å². The maximum absolute atomic E-state index is 13.1. The van der Waals surface area contributed by atoms with E-state index < -0.39 is 0 Å². The Morgan fingerprint density at radius 1 is 0.923 bits per heavy atom. The van der Waals surface area contributed by atoms with E-state index in [-0.39, 0.29) is 11.7 Å². The molecule has 0 bridgehead atoms. The van der Waals surface area contributed by atoms with Crippen molar-refractivity contribution in [1.82, 2.24) is 9.47 Å². The number of carbonyl (C=O) groups is 1. The SMILES string of the molecule is CCC(=O)N(Cc1ccccc1)Cc1cccn1Cc1ccc(F)cc1. The van der Waals surface area contributed by atoms with Crippen LogP contribution >= 0.6 is 0 Å². The Bertz CT molecular complexity index is 840. The number of hydrogen-bond acceptors (Lipinski definition) is 1. The van der Waals surface area contributed by atoms with Crippen molar-refractivity contribution < 1.29 is 9.18 Å². The van der Waals surface area contributed by atoms with Gasteiger partial charge in [0.15, 0.2) is 0 Å². The minimum atomic E-state index is -0.232. The van der Waals surface area contributed by atoms with Crippen molar-refractivity contribution in [2.45, 2.75) is 33.0 Å². The molecule has 3 rings (SSSR count). The van der Waals surface area contributed by atoms with Gasteiger partial charge < -0.3 is 9.47 Å². The van der Waals surface area contributed by atoms with Gasteiger partial charge in [0.1, 0.15) is 5.82 Å². The molecule has 26 heavy (non-hydrogen) atoms. The van der Waals surface area contributed by atoms with Crippen LogP contribution in [0.3, 0.4) is 0 Å². The Morgan fingerprint density at radius 3 is 2.35 bits per heavy atom. The zero-order chi connectivity index (χ0) is 18.4. The normalized spacial score (nSPS) is 10.7. The summed E-state index contributed by atoms with van der Waals surface area (Å²) in [4.78, 5) is 14.3. The predicted molar refractivity (Wildman–Crippen MR) is 101 cm³/mol. The summed E-state index contributed by atoms with van der Waals surface area (Å²) in [5, 5.41) is 0. The molecule has 1 heterocycles. The van der Waals surface area contributed by atoms with Crippen LogP contribution in [0.25, 0.3) is 0 Å². The summed E-state index contributed by atoms with van der Waals surface area (Å²) in [6.45, 7) is 3.69. The molecule has 4 heteroatoms. The number of aromatic nitrogens is 1. The number of amides is 1. The largest absolute Gasteiger partial charge is 0.345 e. The lowest BCUT2D eigenvalue weighted by Gasteiger charge is -2.23. The van der Waals surface area contributed by atoms with E-state index in [0.717, 1.165) is 16.8 Å². The highest BCUT2D eigenvalue weighted by atomic mass is 19.1. The first-order chi connectivity index (χ1) is 12.7. The van der Waals surface area contributed by atoms with E-state index >= 15 is 0 Å². The van der Waals surface area contributed by atoms with Crippen molar-refractivity contribution in [3.05, 3.63) is 95.6 Å². The molecule has 0 unspecified atom stereocenters. The minimum absolute atomic E-state index is 0.128. The van der Waals surface area contributed by atoms with Crippen LogP contribution in [0.1, 0.15) is 30.2 Å². The van der Waals surface area contributed by atoms with E-state index in [1.807, 2.05) is 60.5 Å². The molecule has 0 aliphatic rings. The molecule has 0 aliphatic carbocycles. The van der Waals surface area contributed by atoms with Crippen molar-refractivity contribution in [2.75, 3.05) is 0 Å². The second-order valence-electron chi connectivity index (χ2n) is 6.34. The number of hydrogen-bond donors (Lipinski definition) is 0. The molecule has 0 N–H and O–H groups in total. The van der Waals surface area contributed by atoms with Gasteiger partial charge in [0.25, 0.3) is 0 Å². The van der Waals surface area contributed by atoms with Crippen LogP contribution in [0.5, 0.6) is 0 Å². The molecule has 134 valence electrons. The first-order valence-electron chi connectivity index (χ1n) is 8.86. The van der Waals surface area contributed by atoms with Crippen LogP contribution < -0.4 is 0 Å². The lowest BCUT2D eigenvalue weighted by molar-refractivity contribution is -0.132. The van der Waals surface area contributed by atoms with Crippen LogP contribution in [0.2, 0.25) is 0 Å². The van der Waals surface area contributed by atoms with Gasteiger partial charge in [-0.25, -0.2) is 4.39 Å². The molecular weight excluding hydrogens is 327 g/mol. The van der Waals surface area contributed by atoms with Gasteiger partial charge in [-0.2, -0.15) is 0 Å². The van der Waals surface area contributed by atoms with Gasteiger partial charge in [-0.1, -0.05) is 49.4 Å². The highest BCUT2D eigenvalue weighted by Gasteiger charge is 2.15. The van der Waals surface area contributed by atoms with Gasteiger partial charge in [-0.3, -0.25) is 4.79 Å². The minimum Gasteiger partial charge on any atom is -0.345 e. The number of halogens is 1. The summed E-state index contributed by atoms with van der Waals surface area (Å²) in [7, 11) is 0. The molecule has 0 spiro atoms. The van der Waals surface area contributed by atoms with Crippen LogP contribution in [0.15, 0.2) is 72.9 Å². The Hall–Kier alpha value is -2.88. The molecule has 1 amide bonds. The van der Waals surface area contributed by atoms with Gasteiger partial charge in [-0.15, -0.1) is 0 Å². The summed E-state index contributed by atoms with van der Waals surface area (Å²) < 4.78 is 15.2. The molecule has 3 nitrogen and oxygen atoms in total. The van der Waals surface area contributed by atoms with Gasteiger partial charge in [0.2, 0.25) is 5.91 Å². The topological polar surface area (TPSA) is 25.2 Å². The molecule has 3 aromatic rings. The quantitative estimate of drug-likeness (QED) is 0.611. The van der Waals surface area contributed by atoms with Crippen molar-refractivity contribution in [3.63, 3.8) is 0 Å². The summed E-state index contributed by atoms with van der Waals surface area (Å²) >= 11 is 0. The van der Waals surface area contributed by atoms with Crippen LogP contribution in [0, 0.1) is 5.82 Å². The maximum Gasteiger partial charge on any atom is 0.222 e. The van der Waals surface area contributed by atoms with Crippen molar-refractivity contribution in [1.29, 1.82) is 0 Å². The first-order valence-corrected chi connectivity index (χ1v) is 8.86. The molecule has 0 saturated carbocycles. The van der Waals surface area contributed by atoms with Crippen LogP contribution in [0.4, 0.5) is 4.39 Å². The van der Waals surface area contributed by atoms with E-state index in [1.165, 1.54) is 12.1 Å². The molecule has 0 atom stereocenters. The Kier molecular flexibility index (Phi) is 5.84. The van der Waals surface area contributed by atoms with Gasteiger partial charge in [0, 0.05) is 31.4 Å². The summed E-state index contributed by atoms with van der Waals surface area (Å²) in [6.07, 6.45) is 2.47. The predicted octanol–water partition coefficient (Wildman–Crippen LogP) is 4.61. The zero-order valence-electron chi connectivity index (χ0n) is 14.9. The number of carbonyl (C=O) groups excluding carboxylic acids is 1. The van der Waals surface area contributed by atoms with Gasteiger partial charge >= 0.3 is 0 Å². The van der Waals surface area contributed by atoms with Crippen LogP contribution in [-0.2, 0) is 24.4 Å². The third kappa shape index (κ3) is 4.60. The number of nitrogens with zero attached hydrogens (tertiary/aromatic N) is 2. The number of rotatable bonds is 7. The fraction of sp³-hybridized carbons (Fsp3) is 0.227. The Labute approximate surface area is 153 Å². The number of benzene rings is 2. The van der Waals surface area contributed by atoms with E-state index in [1.54, 1.807) is 12.1 Å². The monoisotopic (exact) mass is 350 g/mol. The van der Waals surface area contributed by atoms with Crippen molar-refractivity contribution in [2.24, 2.45) is 0 Å². The molecule has 0 radical (unpaired) electrons. The third-order valence-corrected chi connectivity index (χ3v) is 4.41. The second kappa shape index (κ2) is 8.48. The Morgan fingerprint density at radius 2 is 1.65 bits per heavy atom.